The van der Waals surface area contributed by atoms with E-state index in [0.29, 0.717) is 26.6 Å². The summed E-state index contributed by atoms with van der Waals surface area (Å²) in [6.07, 6.45) is 0. The van der Waals surface area contributed by atoms with Crippen molar-refractivity contribution in [2.24, 2.45) is 0 Å². The standard InChI is InChI=1S/C16H11Cl2N3OS/c17-12-7-6-11(8-13(12)18)19-15(22)14-9-23-16(21-14)20-10-4-2-1-3-5-10/h1-9H,(H,19,22)(H,20,21). The van der Waals surface area contributed by atoms with Crippen LogP contribution in [0.3, 0.4) is 0 Å². The molecule has 0 spiro atoms. The molecule has 3 rings (SSSR count). The molecule has 1 heterocycles. The van der Waals surface area contributed by atoms with Crippen molar-refractivity contribution >= 4 is 57.0 Å². The van der Waals surface area contributed by atoms with Crippen LogP contribution in [0.1, 0.15) is 10.5 Å². The number of aromatic nitrogens is 1. The van der Waals surface area contributed by atoms with Crippen molar-refractivity contribution in [2.75, 3.05) is 10.6 Å². The van der Waals surface area contributed by atoms with Gasteiger partial charge in [0.25, 0.3) is 5.91 Å². The van der Waals surface area contributed by atoms with Crippen molar-refractivity contribution in [1.29, 1.82) is 0 Å². The van der Waals surface area contributed by atoms with Gasteiger partial charge in [-0.25, -0.2) is 4.98 Å². The monoisotopic (exact) mass is 363 g/mol. The Bertz CT molecular complexity index is 836. The Labute approximate surface area is 147 Å². The Balaban J connectivity index is 1.69. The van der Waals surface area contributed by atoms with E-state index >= 15 is 0 Å². The zero-order valence-corrected chi connectivity index (χ0v) is 14.0. The average molecular weight is 364 g/mol. The van der Waals surface area contributed by atoms with Gasteiger partial charge in [0.15, 0.2) is 5.13 Å². The Kier molecular flexibility index (Phi) is 4.81. The quantitative estimate of drug-likeness (QED) is 0.648. The number of thiazole rings is 1. The summed E-state index contributed by atoms with van der Waals surface area (Å²) in [6.45, 7) is 0. The lowest BCUT2D eigenvalue weighted by Crippen LogP contribution is -2.12. The predicted molar refractivity (Wildman–Crippen MR) is 96.3 cm³/mol. The third kappa shape index (κ3) is 4.01. The van der Waals surface area contributed by atoms with Crippen molar-refractivity contribution in [3.63, 3.8) is 0 Å². The summed E-state index contributed by atoms with van der Waals surface area (Å²) in [5, 5.41) is 9.05. The molecule has 0 radical (unpaired) electrons. The molecule has 7 heteroatoms. The molecule has 0 atom stereocenters. The van der Waals surface area contributed by atoms with Gasteiger partial charge in [-0.2, -0.15) is 0 Å². The van der Waals surface area contributed by atoms with Crippen molar-refractivity contribution in [2.45, 2.75) is 0 Å². The first-order valence-electron chi connectivity index (χ1n) is 6.66. The van der Waals surface area contributed by atoms with Crippen molar-refractivity contribution in [3.05, 3.63) is 69.7 Å². The molecule has 1 amide bonds. The van der Waals surface area contributed by atoms with Crippen LogP contribution in [0.15, 0.2) is 53.9 Å². The number of nitrogens with one attached hydrogen (secondary N) is 2. The number of hydrogen-bond donors (Lipinski definition) is 2. The third-order valence-corrected chi connectivity index (χ3v) is 4.44. The summed E-state index contributed by atoms with van der Waals surface area (Å²) in [5.41, 5.74) is 1.81. The first kappa shape index (κ1) is 15.8. The van der Waals surface area contributed by atoms with Gasteiger partial charge in [-0.15, -0.1) is 11.3 Å². The molecule has 0 aliphatic rings. The van der Waals surface area contributed by atoms with E-state index in [2.05, 4.69) is 15.6 Å². The van der Waals surface area contributed by atoms with Gasteiger partial charge in [0.1, 0.15) is 5.69 Å². The van der Waals surface area contributed by atoms with Crippen LogP contribution >= 0.6 is 34.5 Å². The number of para-hydroxylation sites is 1. The lowest BCUT2D eigenvalue weighted by Gasteiger charge is -2.04. The van der Waals surface area contributed by atoms with Crippen molar-refractivity contribution < 1.29 is 4.79 Å². The van der Waals surface area contributed by atoms with E-state index in [4.69, 9.17) is 23.2 Å². The third-order valence-electron chi connectivity index (χ3n) is 2.94. The highest BCUT2D eigenvalue weighted by Crippen LogP contribution is 2.26. The Hall–Kier alpha value is -2.08. The number of rotatable bonds is 4. The van der Waals surface area contributed by atoms with Gasteiger partial charge >= 0.3 is 0 Å². The molecule has 4 nitrogen and oxygen atoms in total. The first-order valence-corrected chi connectivity index (χ1v) is 8.29. The Morgan fingerprint density at radius 2 is 1.78 bits per heavy atom. The maximum atomic E-state index is 12.2. The fourth-order valence-corrected chi connectivity index (χ4v) is 2.86. The lowest BCUT2D eigenvalue weighted by molar-refractivity contribution is 0.102. The molecule has 0 saturated heterocycles. The average Bonchev–Trinajstić information content (AvgIpc) is 3.00. The SMILES string of the molecule is O=C(Nc1ccc(Cl)c(Cl)c1)c1csc(Nc2ccccc2)n1. The van der Waals surface area contributed by atoms with Crippen LogP contribution in [0.5, 0.6) is 0 Å². The van der Waals surface area contributed by atoms with E-state index < -0.39 is 0 Å². The van der Waals surface area contributed by atoms with Crippen LogP contribution in [0.2, 0.25) is 10.0 Å². The fourth-order valence-electron chi connectivity index (χ4n) is 1.85. The maximum absolute atomic E-state index is 12.2. The summed E-state index contributed by atoms with van der Waals surface area (Å²) in [4.78, 5) is 16.5. The number of amides is 1. The van der Waals surface area contributed by atoms with Crippen LogP contribution in [0.25, 0.3) is 0 Å². The van der Waals surface area contributed by atoms with E-state index in [1.54, 1.807) is 23.6 Å². The largest absolute Gasteiger partial charge is 0.332 e. The minimum absolute atomic E-state index is 0.305. The highest BCUT2D eigenvalue weighted by molar-refractivity contribution is 7.14. The van der Waals surface area contributed by atoms with Gasteiger partial charge in [-0.3, -0.25) is 4.79 Å². The van der Waals surface area contributed by atoms with E-state index in [0.717, 1.165) is 5.69 Å². The van der Waals surface area contributed by atoms with Crippen molar-refractivity contribution in [3.8, 4) is 0 Å². The Morgan fingerprint density at radius 3 is 2.52 bits per heavy atom. The van der Waals surface area contributed by atoms with Gasteiger partial charge in [0.05, 0.1) is 10.0 Å². The summed E-state index contributed by atoms with van der Waals surface area (Å²) < 4.78 is 0. The highest BCUT2D eigenvalue weighted by Gasteiger charge is 2.12. The van der Waals surface area contributed by atoms with Gasteiger partial charge in [-0.05, 0) is 30.3 Å². The molecule has 1 aromatic heterocycles. The van der Waals surface area contributed by atoms with E-state index in [1.165, 1.54) is 11.3 Å². The van der Waals surface area contributed by atoms with Crippen LogP contribution in [0, 0.1) is 0 Å². The Morgan fingerprint density at radius 1 is 1.00 bits per heavy atom. The number of anilines is 3. The molecule has 0 aliphatic carbocycles. The molecule has 2 N–H and O–H groups in total. The zero-order valence-electron chi connectivity index (χ0n) is 11.7. The highest BCUT2D eigenvalue weighted by atomic mass is 35.5. The molecule has 0 unspecified atom stereocenters. The van der Waals surface area contributed by atoms with Gasteiger partial charge in [0, 0.05) is 16.8 Å². The second-order valence-corrected chi connectivity index (χ2v) is 6.28. The van der Waals surface area contributed by atoms with Crippen LogP contribution in [-0.4, -0.2) is 10.9 Å². The van der Waals surface area contributed by atoms with Crippen LogP contribution in [-0.2, 0) is 0 Å². The molecular formula is C16H11Cl2N3OS. The normalized spacial score (nSPS) is 10.3. The summed E-state index contributed by atoms with van der Waals surface area (Å²) in [7, 11) is 0. The summed E-state index contributed by atoms with van der Waals surface area (Å²) in [6, 6.07) is 14.5. The van der Waals surface area contributed by atoms with E-state index in [9.17, 15) is 4.79 Å². The number of carbonyl (C=O) groups is 1. The molecule has 0 fully saturated rings. The maximum Gasteiger partial charge on any atom is 0.275 e. The predicted octanol–water partition coefficient (Wildman–Crippen LogP) is 5.45. The molecule has 23 heavy (non-hydrogen) atoms. The second kappa shape index (κ2) is 7.00. The van der Waals surface area contributed by atoms with E-state index in [1.807, 2.05) is 30.3 Å². The topological polar surface area (TPSA) is 54.0 Å². The van der Waals surface area contributed by atoms with Gasteiger partial charge < -0.3 is 10.6 Å². The molecule has 2 aromatic carbocycles. The second-order valence-electron chi connectivity index (χ2n) is 4.61. The van der Waals surface area contributed by atoms with Crippen LogP contribution in [0.4, 0.5) is 16.5 Å². The lowest BCUT2D eigenvalue weighted by atomic mass is 10.3. The molecular weight excluding hydrogens is 353 g/mol. The molecule has 0 saturated carbocycles. The first-order chi connectivity index (χ1) is 11.1. The zero-order chi connectivity index (χ0) is 16.2. The van der Waals surface area contributed by atoms with Gasteiger partial charge in [0.2, 0.25) is 0 Å². The summed E-state index contributed by atoms with van der Waals surface area (Å²) >= 11 is 13.1. The number of benzene rings is 2. The fraction of sp³-hybridized carbons (Fsp3) is 0. The minimum atomic E-state index is -0.305. The smallest absolute Gasteiger partial charge is 0.275 e. The molecule has 0 bridgehead atoms. The number of halogens is 2. The number of carbonyl (C=O) groups excluding carboxylic acids is 1. The van der Waals surface area contributed by atoms with Crippen molar-refractivity contribution in [1.82, 2.24) is 4.98 Å². The minimum Gasteiger partial charge on any atom is -0.332 e. The van der Waals surface area contributed by atoms with E-state index in [-0.39, 0.29) is 5.91 Å². The number of hydrogen-bond acceptors (Lipinski definition) is 4. The molecule has 116 valence electrons. The van der Waals surface area contributed by atoms with Gasteiger partial charge in [-0.1, -0.05) is 41.4 Å². The van der Waals surface area contributed by atoms with Crippen LogP contribution < -0.4 is 10.6 Å². The summed E-state index contributed by atoms with van der Waals surface area (Å²) in [5.74, 6) is -0.305. The molecule has 3 aromatic rings. The molecule has 0 aliphatic heterocycles. The number of nitrogens with zero attached hydrogens (tertiary/aromatic N) is 1.